The molecule has 6 nitrogen and oxygen atoms in total. The lowest BCUT2D eigenvalue weighted by Crippen LogP contribution is -2.42. The number of benzene rings is 1. The molecule has 2 rings (SSSR count). The SMILES string of the molecule is CCNC(=NCCc1ccc(-c2nc(CC)no2)cc1)NC(C)CC. The maximum atomic E-state index is 5.27. The van der Waals surface area contributed by atoms with Gasteiger partial charge >= 0.3 is 0 Å². The molecule has 136 valence electrons. The van der Waals surface area contributed by atoms with E-state index in [2.05, 4.69) is 58.7 Å². The number of nitrogens with one attached hydrogen (secondary N) is 2. The van der Waals surface area contributed by atoms with E-state index in [9.17, 15) is 0 Å². The molecule has 0 aliphatic rings. The van der Waals surface area contributed by atoms with Gasteiger partial charge < -0.3 is 15.2 Å². The zero-order valence-corrected chi connectivity index (χ0v) is 15.7. The number of guanidine groups is 1. The molecule has 6 heteroatoms. The summed E-state index contributed by atoms with van der Waals surface area (Å²) in [5, 5.41) is 10.6. The third kappa shape index (κ3) is 5.89. The van der Waals surface area contributed by atoms with E-state index < -0.39 is 0 Å². The van der Waals surface area contributed by atoms with Crippen LogP contribution in [-0.2, 0) is 12.8 Å². The van der Waals surface area contributed by atoms with Gasteiger partial charge in [-0.3, -0.25) is 4.99 Å². The summed E-state index contributed by atoms with van der Waals surface area (Å²) in [4.78, 5) is 9.00. The predicted molar refractivity (Wildman–Crippen MR) is 102 cm³/mol. The van der Waals surface area contributed by atoms with E-state index >= 15 is 0 Å². The van der Waals surface area contributed by atoms with Crippen molar-refractivity contribution in [2.75, 3.05) is 13.1 Å². The lowest BCUT2D eigenvalue weighted by Gasteiger charge is -2.16. The summed E-state index contributed by atoms with van der Waals surface area (Å²) in [5.74, 6) is 2.19. The highest BCUT2D eigenvalue weighted by atomic mass is 16.5. The minimum atomic E-state index is 0.416. The summed E-state index contributed by atoms with van der Waals surface area (Å²) < 4.78 is 5.27. The van der Waals surface area contributed by atoms with Gasteiger partial charge in [0, 0.05) is 31.1 Å². The Hall–Kier alpha value is -2.37. The Bertz CT molecular complexity index is 663. The highest BCUT2D eigenvalue weighted by molar-refractivity contribution is 5.80. The summed E-state index contributed by atoms with van der Waals surface area (Å²) in [7, 11) is 0. The molecule has 0 fully saturated rings. The van der Waals surface area contributed by atoms with Gasteiger partial charge in [0.2, 0.25) is 0 Å². The van der Waals surface area contributed by atoms with Crippen LogP contribution < -0.4 is 10.6 Å². The van der Waals surface area contributed by atoms with Gasteiger partial charge in [0.1, 0.15) is 0 Å². The predicted octanol–water partition coefficient (Wildman–Crippen LogP) is 3.20. The molecular weight excluding hydrogens is 314 g/mol. The van der Waals surface area contributed by atoms with Gasteiger partial charge in [0.15, 0.2) is 11.8 Å². The summed E-state index contributed by atoms with van der Waals surface area (Å²) >= 11 is 0. The fourth-order valence-electron chi connectivity index (χ4n) is 2.28. The van der Waals surface area contributed by atoms with Crippen molar-refractivity contribution in [3.05, 3.63) is 35.7 Å². The van der Waals surface area contributed by atoms with Crippen molar-refractivity contribution in [1.29, 1.82) is 0 Å². The quantitative estimate of drug-likeness (QED) is 0.569. The molecule has 0 bridgehead atoms. The molecule has 0 saturated heterocycles. The number of hydrogen-bond donors (Lipinski definition) is 2. The Morgan fingerprint density at radius 3 is 2.56 bits per heavy atom. The molecule has 2 N–H and O–H groups in total. The van der Waals surface area contributed by atoms with E-state index in [-0.39, 0.29) is 0 Å². The molecule has 0 aliphatic carbocycles. The summed E-state index contributed by atoms with van der Waals surface area (Å²) in [5.41, 5.74) is 2.19. The topological polar surface area (TPSA) is 75.3 Å². The second-order valence-corrected chi connectivity index (χ2v) is 6.03. The lowest BCUT2D eigenvalue weighted by molar-refractivity contribution is 0.423. The molecule has 1 unspecified atom stereocenters. The average Bonchev–Trinajstić information content (AvgIpc) is 3.11. The Kier molecular flexibility index (Phi) is 7.44. The number of rotatable bonds is 8. The molecule has 0 amide bonds. The van der Waals surface area contributed by atoms with Gasteiger partial charge in [0.05, 0.1) is 0 Å². The van der Waals surface area contributed by atoms with Crippen LogP contribution in [0.4, 0.5) is 0 Å². The van der Waals surface area contributed by atoms with E-state index in [0.717, 1.165) is 49.7 Å². The fourth-order valence-corrected chi connectivity index (χ4v) is 2.28. The lowest BCUT2D eigenvalue weighted by atomic mass is 10.1. The molecule has 0 radical (unpaired) electrons. The molecule has 0 spiro atoms. The Balaban J connectivity index is 1.92. The van der Waals surface area contributed by atoms with Crippen LogP contribution in [0.2, 0.25) is 0 Å². The molecule has 1 aromatic carbocycles. The van der Waals surface area contributed by atoms with E-state index in [1.54, 1.807) is 0 Å². The minimum Gasteiger partial charge on any atom is -0.357 e. The van der Waals surface area contributed by atoms with Crippen LogP contribution >= 0.6 is 0 Å². The van der Waals surface area contributed by atoms with Crippen molar-refractivity contribution in [2.45, 2.75) is 53.0 Å². The number of aryl methyl sites for hydroxylation is 1. The molecule has 1 heterocycles. The smallest absolute Gasteiger partial charge is 0.257 e. The van der Waals surface area contributed by atoms with Gasteiger partial charge in [-0.25, -0.2) is 0 Å². The number of nitrogens with zero attached hydrogens (tertiary/aromatic N) is 3. The van der Waals surface area contributed by atoms with Crippen molar-refractivity contribution in [3.63, 3.8) is 0 Å². The van der Waals surface area contributed by atoms with E-state index in [1.165, 1.54) is 5.56 Å². The Labute approximate surface area is 150 Å². The number of hydrogen-bond acceptors (Lipinski definition) is 4. The summed E-state index contributed by atoms with van der Waals surface area (Å²) in [6.45, 7) is 10.0. The van der Waals surface area contributed by atoms with Crippen LogP contribution in [0, 0.1) is 0 Å². The summed E-state index contributed by atoms with van der Waals surface area (Å²) in [6, 6.07) is 8.65. The Morgan fingerprint density at radius 2 is 1.96 bits per heavy atom. The van der Waals surface area contributed by atoms with Gasteiger partial charge in [-0.05, 0) is 44.4 Å². The standard InChI is InChI=1S/C19H29N5O/c1-5-14(4)22-19(20-7-3)21-13-12-15-8-10-16(11-9-15)18-23-17(6-2)24-25-18/h8-11,14H,5-7,12-13H2,1-4H3,(H2,20,21,22). The second-order valence-electron chi connectivity index (χ2n) is 6.03. The van der Waals surface area contributed by atoms with E-state index in [4.69, 9.17) is 4.52 Å². The first-order valence-electron chi connectivity index (χ1n) is 9.12. The van der Waals surface area contributed by atoms with Crippen LogP contribution in [0.25, 0.3) is 11.5 Å². The maximum absolute atomic E-state index is 5.27. The van der Waals surface area contributed by atoms with Crippen molar-refractivity contribution >= 4 is 5.96 Å². The first-order chi connectivity index (χ1) is 12.2. The van der Waals surface area contributed by atoms with Crippen LogP contribution in [-0.4, -0.2) is 35.2 Å². The average molecular weight is 343 g/mol. The molecule has 0 aliphatic heterocycles. The largest absolute Gasteiger partial charge is 0.357 e. The van der Waals surface area contributed by atoms with Gasteiger partial charge in [-0.15, -0.1) is 0 Å². The van der Waals surface area contributed by atoms with Crippen LogP contribution in [0.5, 0.6) is 0 Å². The highest BCUT2D eigenvalue weighted by Crippen LogP contribution is 2.18. The van der Waals surface area contributed by atoms with Crippen molar-refractivity contribution in [3.8, 4) is 11.5 Å². The van der Waals surface area contributed by atoms with E-state index in [0.29, 0.717) is 11.9 Å². The third-order valence-electron chi connectivity index (χ3n) is 4.00. The van der Waals surface area contributed by atoms with Crippen molar-refractivity contribution in [1.82, 2.24) is 20.8 Å². The van der Waals surface area contributed by atoms with Gasteiger partial charge in [0.25, 0.3) is 5.89 Å². The fraction of sp³-hybridized carbons (Fsp3) is 0.526. The Morgan fingerprint density at radius 1 is 1.20 bits per heavy atom. The first kappa shape index (κ1) is 19.0. The monoisotopic (exact) mass is 343 g/mol. The molecule has 0 saturated carbocycles. The highest BCUT2D eigenvalue weighted by Gasteiger charge is 2.07. The van der Waals surface area contributed by atoms with Crippen LogP contribution in [0.15, 0.2) is 33.8 Å². The van der Waals surface area contributed by atoms with Gasteiger partial charge in [-0.1, -0.05) is 31.1 Å². The number of aromatic nitrogens is 2. The molecular formula is C19H29N5O. The van der Waals surface area contributed by atoms with Crippen molar-refractivity contribution in [2.24, 2.45) is 4.99 Å². The third-order valence-corrected chi connectivity index (χ3v) is 4.00. The molecule has 25 heavy (non-hydrogen) atoms. The zero-order valence-electron chi connectivity index (χ0n) is 15.7. The maximum Gasteiger partial charge on any atom is 0.257 e. The zero-order chi connectivity index (χ0) is 18.1. The normalized spacial score (nSPS) is 12.9. The van der Waals surface area contributed by atoms with E-state index in [1.807, 2.05) is 19.1 Å². The van der Waals surface area contributed by atoms with Crippen LogP contribution in [0.1, 0.15) is 45.5 Å². The molecule has 1 atom stereocenters. The molecule has 2 aromatic rings. The summed E-state index contributed by atoms with van der Waals surface area (Å²) in [6.07, 6.45) is 2.74. The molecule has 1 aromatic heterocycles. The van der Waals surface area contributed by atoms with Crippen LogP contribution in [0.3, 0.4) is 0 Å². The minimum absolute atomic E-state index is 0.416. The first-order valence-corrected chi connectivity index (χ1v) is 9.12. The second kappa shape index (κ2) is 9.81. The van der Waals surface area contributed by atoms with Crippen molar-refractivity contribution < 1.29 is 4.52 Å². The van der Waals surface area contributed by atoms with Gasteiger partial charge in [-0.2, -0.15) is 4.98 Å². The number of aliphatic imine (C=N–C) groups is 1.